The number of thioether (sulfide) groups is 1. The smallest absolute Gasteiger partial charge is 0.315 e. The van der Waals surface area contributed by atoms with E-state index in [4.69, 9.17) is 40.2 Å². The van der Waals surface area contributed by atoms with Crippen molar-refractivity contribution in [1.29, 1.82) is 0 Å². The van der Waals surface area contributed by atoms with Gasteiger partial charge in [0, 0.05) is 0 Å². The molecule has 2 aliphatic rings. The molecule has 2 fully saturated rings. The van der Waals surface area contributed by atoms with E-state index in [9.17, 15) is 9.59 Å². The second-order valence-electron chi connectivity index (χ2n) is 8.52. The Morgan fingerprint density at radius 2 is 1.82 bits per heavy atom. The number of carbonyl (C=O) groups is 2. The van der Waals surface area contributed by atoms with E-state index < -0.39 is 0 Å². The number of carbonyl (C=O) groups excluding carboxylic acids is 2. The van der Waals surface area contributed by atoms with Gasteiger partial charge in [0.1, 0.15) is 14.6 Å². The Morgan fingerprint density at radius 3 is 2.45 bits per heavy atom. The lowest BCUT2D eigenvalue weighted by Crippen LogP contribution is -2.27. The van der Waals surface area contributed by atoms with Gasteiger partial charge in [0.05, 0.1) is 17.4 Å². The number of halogens is 2. The van der Waals surface area contributed by atoms with Gasteiger partial charge in [0.25, 0.3) is 5.91 Å². The van der Waals surface area contributed by atoms with Gasteiger partial charge < -0.3 is 4.74 Å². The van der Waals surface area contributed by atoms with Gasteiger partial charge in [-0.1, -0.05) is 103 Å². The van der Waals surface area contributed by atoms with Crippen molar-refractivity contribution in [1.82, 2.24) is 4.90 Å². The molecule has 1 heterocycles. The quantitative estimate of drug-likeness (QED) is 0.187. The molecule has 0 radical (unpaired) electrons. The molecule has 0 bridgehead atoms. The van der Waals surface area contributed by atoms with Crippen LogP contribution >= 0.6 is 47.2 Å². The first kappa shape index (κ1) is 24.0. The summed E-state index contributed by atoms with van der Waals surface area (Å²) in [5.41, 5.74) is 1.59. The van der Waals surface area contributed by atoms with Crippen LogP contribution in [0.15, 0.2) is 70.1 Å². The maximum absolute atomic E-state index is 12.8. The summed E-state index contributed by atoms with van der Waals surface area (Å²) in [6.07, 6.45) is 3.48. The monoisotopic (exact) mass is 517 g/mol. The van der Waals surface area contributed by atoms with Crippen LogP contribution in [0.2, 0.25) is 0 Å². The predicted molar refractivity (Wildman–Crippen MR) is 138 cm³/mol. The number of benzene rings is 2. The lowest BCUT2D eigenvalue weighted by atomic mass is 10.1. The molecule has 170 valence electrons. The minimum absolute atomic E-state index is 0.0490. The van der Waals surface area contributed by atoms with E-state index >= 15 is 0 Å². The molecule has 8 heteroatoms. The Kier molecular flexibility index (Phi) is 7.01. The summed E-state index contributed by atoms with van der Waals surface area (Å²) in [6.45, 7) is 4.40. The highest BCUT2D eigenvalue weighted by atomic mass is 35.5. The fraction of sp³-hybridized carbons (Fsp3) is 0.240. The number of rotatable bonds is 6. The fourth-order valence-electron chi connectivity index (χ4n) is 3.94. The van der Waals surface area contributed by atoms with E-state index in [0.717, 1.165) is 11.1 Å². The zero-order chi connectivity index (χ0) is 23.8. The normalized spacial score (nSPS) is 22.4. The van der Waals surface area contributed by atoms with Crippen LogP contribution in [0.3, 0.4) is 0 Å². The largest absolute Gasteiger partial charge is 0.426 e. The summed E-state index contributed by atoms with van der Waals surface area (Å²) < 4.78 is 6.25. The maximum atomic E-state index is 12.8. The zero-order valence-corrected chi connectivity index (χ0v) is 21.1. The van der Waals surface area contributed by atoms with Crippen molar-refractivity contribution < 1.29 is 14.3 Å². The van der Waals surface area contributed by atoms with Crippen LogP contribution in [-0.2, 0) is 16.1 Å². The van der Waals surface area contributed by atoms with Crippen LogP contribution in [0.5, 0.6) is 5.75 Å². The third kappa shape index (κ3) is 5.35. The van der Waals surface area contributed by atoms with Crippen LogP contribution in [-0.4, -0.2) is 21.1 Å². The summed E-state index contributed by atoms with van der Waals surface area (Å²) in [7, 11) is 0. The molecule has 0 unspecified atom stereocenters. The molecule has 0 N–H and O–H groups in total. The van der Waals surface area contributed by atoms with E-state index in [1.807, 2.05) is 44.2 Å². The number of nitrogens with zero attached hydrogens (tertiary/aromatic N) is 1. The van der Waals surface area contributed by atoms with E-state index in [1.165, 1.54) is 11.8 Å². The summed E-state index contributed by atoms with van der Waals surface area (Å²) >= 11 is 18.2. The van der Waals surface area contributed by atoms with E-state index in [1.54, 1.807) is 41.3 Å². The molecule has 2 aromatic rings. The Bertz CT molecular complexity index is 1160. The number of ether oxygens (including phenoxy) is 1. The first-order valence-electron chi connectivity index (χ1n) is 10.3. The zero-order valence-electron chi connectivity index (χ0n) is 18.0. The van der Waals surface area contributed by atoms with Crippen LogP contribution in [0.1, 0.15) is 25.0 Å². The molecular formula is C25H21Cl2NO3S2. The first-order valence-corrected chi connectivity index (χ1v) is 12.3. The van der Waals surface area contributed by atoms with Crippen molar-refractivity contribution in [3.63, 3.8) is 0 Å². The molecule has 33 heavy (non-hydrogen) atoms. The van der Waals surface area contributed by atoms with Gasteiger partial charge in [-0.3, -0.25) is 14.5 Å². The second kappa shape index (κ2) is 9.63. The summed E-state index contributed by atoms with van der Waals surface area (Å²) in [5, 5.41) is 0. The topological polar surface area (TPSA) is 46.6 Å². The van der Waals surface area contributed by atoms with Crippen LogP contribution in [0, 0.1) is 17.3 Å². The Balaban J connectivity index is 1.40. The molecule has 0 spiro atoms. The molecule has 1 aliphatic heterocycles. The fourth-order valence-corrected chi connectivity index (χ4v) is 5.47. The molecule has 2 aromatic carbocycles. The third-order valence-corrected chi connectivity index (χ3v) is 7.55. The van der Waals surface area contributed by atoms with Crippen molar-refractivity contribution in [2.45, 2.75) is 20.4 Å². The highest BCUT2D eigenvalue weighted by Gasteiger charge is 2.61. The molecule has 1 saturated carbocycles. The number of hydrogen-bond acceptors (Lipinski definition) is 5. The minimum Gasteiger partial charge on any atom is -0.426 e. The Labute approximate surface area is 212 Å². The van der Waals surface area contributed by atoms with Crippen molar-refractivity contribution in [2.75, 3.05) is 0 Å². The van der Waals surface area contributed by atoms with Gasteiger partial charge in [-0.25, -0.2) is 0 Å². The maximum Gasteiger partial charge on any atom is 0.315 e. The van der Waals surface area contributed by atoms with E-state index in [0.29, 0.717) is 21.5 Å². The van der Waals surface area contributed by atoms with Gasteiger partial charge >= 0.3 is 5.97 Å². The van der Waals surface area contributed by atoms with Gasteiger partial charge in [-0.15, -0.1) is 0 Å². The van der Waals surface area contributed by atoms with E-state index in [2.05, 4.69) is 0 Å². The van der Waals surface area contributed by atoms with Crippen molar-refractivity contribution >= 4 is 69.5 Å². The average Bonchev–Trinajstić information content (AvgIpc) is 3.20. The lowest BCUT2D eigenvalue weighted by molar-refractivity contribution is -0.136. The SMILES string of the molecule is CC1(C)[C@H](C(=O)Oc2ccc(/C=C3\SC(=S)N(Cc4ccccc4)C3=O)cc2)[C@@H]1C=C(Cl)Cl. The number of thiocarbonyl (C=S) groups is 1. The van der Waals surface area contributed by atoms with Crippen molar-refractivity contribution in [3.8, 4) is 5.75 Å². The van der Waals surface area contributed by atoms with Crippen LogP contribution in [0.25, 0.3) is 6.08 Å². The van der Waals surface area contributed by atoms with Crippen LogP contribution < -0.4 is 4.74 Å². The lowest BCUT2D eigenvalue weighted by Gasteiger charge is -2.14. The standard InChI is InChI=1S/C25H21Cl2NO3S2/c1-25(2)18(13-20(26)27)21(25)23(30)31-17-10-8-15(9-11-17)12-19-22(29)28(24(32)33-19)14-16-6-4-3-5-7-16/h3-13,18,21H,14H2,1-2H3/b19-12-/t18-,21-/m0/s1. The minimum atomic E-state index is -0.314. The average molecular weight is 518 g/mol. The molecule has 1 saturated heterocycles. The number of allylic oxidation sites excluding steroid dienone is 1. The number of hydrogen-bond donors (Lipinski definition) is 0. The van der Waals surface area contributed by atoms with Gasteiger partial charge in [-0.05, 0) is 46.7 Å². The Morgan fingerprint density at radius 1 is 1.15 bits per heavy atom. The second-order valence-corrected chi connectivity index (χ2v) is 11.2. The summed E-state index contributed by atoms with van der Waals surface area (Å²) in [4.78, 5) is 27.6. The summed E-state index contributed by atoms with van der Waals surface area (Å²) in [5.74, 6) is -0.332. The molecule has 0 aromatic heterocycles. The van der Waals surface area contributed by atoms with Crippen LogP contribution in [0.4, 0.5) is 0 Å². The highest BCUT2D eigenvalue weighted by Crippen LogP contribution is 2.60. The molecule has 2 atom stereocenters. The van der Waals surface area contributed by atoms with Gasteiger partial charge in [0.15, 0.2) is 0 Å². The molecule has 1 aliphatic carbocycles. The molecule has 4 nitrogen and oxygen atoms in total. The number of esters is 1. The van der Waals surface area contributed by atoms with Gasteiger partial charge in [-0.2, -0.15) is 0 Å². The van der Waals surface area contributed by atoms with Gasteiger partial charge in [0.2, 0.25) is 0 Å². The molecule has 4 rings (SSSR count). The van der Waals surface area contributed by atoms with Crippen molar-refractivity contribution in [3.05, 3.63) is 81.2 Å². The highest BCUT2D eigenvalue weighted by molar-refractivity contribution is 8.26. The first-order chi connectivity index (χ1) is 15.7. The number of amides is 1. The third-order valence-electron chi connectivity index (χ3n) is 5.92. The van der Waals surface area contributed by atoms with E-state index in [-0.39, 0.29) is 33.6 Å². The summed E-state index contributed by atoms with van der Waals surface area (Å²) in [6, 6.07) is 16.8. The predicted octanol–water partition coefficient (Wildman–Crippen LogP) is 6.58. The van der Waals surface area contributed by atoms with Crippen molar-refractivity contribution in [2.24, 2.45) is 17.3 Å². The Hall–Kier alpha value is -2.12. The molecular weight excluding hydrogens is 497 g/mol. The molecule has 1 amide bonds.